The van der Waals surface area contributed by atoms with Crippen LogP contribution in [-0.4, -0.2) is 29.3 Å². The van der Waals surface area contributed by atoms with Crippen LogP contribution < -0.4 is 0 Å². The summed E-state index contributed by atoms with van der Waals surface area (Å²) in [6.07, 6.45) is 1.90. The highest BCUT2D eigenvalue weighted by Crippen LogP contribution is 2.10. The molecule has 1 unspecified atom stereocenters. The number of hydrogen-bond donors (Lipinski definition) is 0. The van der Waals surface area contributed by atoms with Gasteiger partial charge in [-0.25, -0.2) is 0 Å². The zero-order chi connectivity index (χ0) is 9.97. The number of ketones is 1. The zero-order valence-electron chi connectivity index (χ0n) is 8.05. The molecule has 14 heavy (non-hydrogen) atoms. The van der Waals surface area contributed by atoms with Gasteiger partial charge in [-0.05, 0) is 18.7 Å². The topological polar surface area (TPSA) is 34.2 Å². The van der Waals surface area contributed by atoms with Crippen molar-refractivity contribution in [2.24, 2.45) is 0 Å². The van der Waals surface area contributed by atoms with Crippen molar-refractivity contribution in [1.82, 2.24) is 0 Å². The van der Waals surface area contributed by atoms with E-state index in [9.17, 15) is 4.79 Å². The summed E-state index contributed by atoms with van der Waals surface area (Å²) in [7, 11) is 0. The minimum absolute atomic E-state index is 0.116. The van der Waals surface area contributed by atoms with Crippen LogP contribution in [0, 0.1) is 0 Å². The Bertz CT molecular complexity index is 370. The van der Waals surface area contributed by atoms with E-state index in [1.54, 1.807) is 4.68 Å². The summed E-state index contributed by atoms with van der Waals surface area (Å²) in [5.74, 6) is 0.178. The summed E-state index contributed by atoms with van der Waals surface area (Å²) < 4.78 is 1.73. The second kappa shape index (κ2) is 3.62. The predicted molar refractivity (Wildman–Crippen MR) is 54.6 cm³/mol. The smallest absolute Gasteiger partial charge is 0.201 e. The van der Waals surface area contributed by atoms with Crippen LogP contribution in [-0.2, 0) is 4.79 Å². The number of carbonyl (C=O) groups is 1. The molecule has 1 heterocycles. The molecular weight excluding hydrogens is 176 g/mol. The molecule has 1 aromatic carbocycles. The lowest BCUT2D eigenvalue weighted by molar-refractivity contribution is -0.483. The van der Waals surface area contributed by atoms with Gasteiger partial charge in [0.15, 0.2) is 12.0 Å². The van der Waals surface area contributed by atoms with Crippen LogP contribution >= 0.6 is 0 Å². The van der Waals surface area contributed by atoms with Crippen molar-refractivity contribution < 1.29 is 9.48 Å². The maximum absolute atomic E-state index is 11.2. The van der Waals surface area contributed by atoms with Crippen LogP contribution in [0.25, 0.3) is 5.43 Å². The van der Waals surface area contributed by atoms with Gasteiger partial charge < -0.3 is 5.43 Å². The van der Waals surface area contributed by atoms with Gasteiger partial charge in [0.05, 0.1) is 0 Å². The van der Waals surface area contributed by atoms with E-state index < -0.39 is 0 Å². The van der Waals surface area contributed by atoms with E-state index in [4.69, 9.17) is 0 Å². The summed E-state index contributed by atoms with van der Waals surface area (Å²) in [6, 6.07) is 9.77. The lowest BCUT2D eigenvalue weighted by Crippen LogP contribution is -2.20. The Hall–Kier alpha value is -1.64. The number of hydrogen-bond acceptors (Lipinski definition) is 1. The molecular formula is C11H12N2O. The van der Waals surface area contributed by atoms with Crippen molar-refractivity contribution in [3.05, 3.63) is 41.3 Å². The van der Waals surface area contributed by atoms with Gasteiger partial charge in [-0.15, -0.1) is 0 Å². The van der Waals surface area contributed by atoms with Gasteiger partial charge in [0, 0.05) is 12.5 Å². The second-order valence-corrected chi connectivity index (χ2v) is 3.36. The lowest BCUT2D eigenvalue weighted by Gasteiger charge is -2.07. The fourth-order valence-corrected chi connectivity index (χ4v) is 1.40. The van der Waals surface area contributed by atoms with E-state index in [1.165, 1.54) is 0 Å². The van der Waals surface area contributed by atoms with Gasteiger partial charge in [0.2, 0.25) is 6.04 Å². The predicted octanol–water partition coefficient (Wildman–Crippen LogP) is 1.38. The average molecular weight is 188 g/mol. The number of carbonyl (C=O) groups excluding carboxylic acids is 1. The quantitative estimate of drug-likeness (QED) is 0.613. The van der Waals surface area contributed by atoms with Gasteiger partial charge in [-0.3, -0.25) is 9.48 Å². The van der Waals surface area contributed by atoms with Gasteiger partial charge in [-0.1, -0.05) is 18.2 Å². The fraction of sp³-hybridized carbons (Fsp3) is 0.273. The average Bonchev–Trinajstić information content (AvgIpc) is 2.52. The molecule has 0 N–H and O–H groups in total. The van der Waals surface area contributed by atoms with Crippen molar-refractivity contribution >= 4 is 12.0 Å². The highest BCUT2D eigenvalue weighted by Gasteiger charge is 2.23. The molecule has 0 amide bonds. The Labute approximate surface area is 83.0 Å². The van der Waals surface area contributed by atoms with E-state index >= 15 is 0 Å². The first kappa shape index (κ1) is 8.94. The Balaban J connectivity index is 2.24. The molecule has 1 saturated heterocycles. The van der Waals surface area contributed by atoms with Crippen LogP contribution in [0.15, 0.2) is 30.3 Å². The molecule has 0 saturated carbocycles. The third kappa shape index (κ3) is 1.66. The fourth-order valence-electron chi connectivity index (χ4n) is 1.40. The molecule has 1 fully saturated rings. The van der Waals surface area contributed by atoms with E-state index in [2.05, 4.69) is 5.43 Å². The molecule has 0 aliphatic carbocycles. The van der Waals surface area contributed by atoms with Crippen LogP contribution in [0.3, 0.4) is 0 Å². The lowest BCUT2D eigenvalue weighted by atomic mass is 10.2. The normalized spacial score (nSPS) is 23.9. The van der Waals surface area contributed by atoms with Crippen molar-refractivity contribution in [1.29, 1.82) is 0 Å². The number of nitrogens with zero attached hydrogens (tertiary/aromatic N) is 2. The van der Waals surface area contributed by atoms with Crippen LogP contribution in [0.1, 0.15) is 12.5 Å². The monoisotopic (exact) mass is 188 g/mol. The van der Waals surface area contributed by atoms with E-state index in [1.807, 2.05) is 43.5 Å². The molecule has 0 bridgehead atoms. The SMILES string of the molecule is CC1C(=O)C[N-][N+]1=Cc1ccccc1. The second-order valence-electron chi connectivity index (χ2n) is 3.36. The van der Waals surface area contributed by atoms with E-state index in [0.717, 1.165) is 5.56 Å². The van der Waals surface area contributed by atoms with E-state index in [0.29, 0.717) is 6.54 Å². The minimum Gasteiger partial charge on any atom is -0.432 e. The molecule has 0 aromatic heterocycles. The largest absolute Gasteiger partial charge is 0.432 e. The first-order valence-corrected chi connectivity index (χ1v) is 4.66. The number of benzene rings is 1. The Morgan fingerprint density at radius 2 is 2.14 bits per heavy atom. The highest BCUT2D eigenvalue weighted by atomic mass is 16.1. The summed E-state index contributed by atoms with van der Waals surface area (Å²) in [5.41, 5.74) is 5.19. The number of rotatable bonds is 1. The summed E-state index contributed by atoms with van der Waals surface area (Å²) >= 11 is 0. The first-order valence-electron chi connectivity index (χ1n) is 4.66. The van der Waals surface area contributed by atoms with Crippen LogP contribution in [0.4, 0.5) is 0 Å². The Morgan fingerprint density at radius 1 is 1.43 bits per heavy atom. The molecule has 0 spiro atoms. The molecule has 72 valence electrons. The van der Waals surface area contributed by atoms with Crippen LogP contribution in [0.2, 0.25) is 0 Å². The van der Waals surface area contributed by atoms with Crippen LogP contribution in [0.5, 0.6) is 0 Å². The third-order valence-corrected chi connectivity index (χ3v) is 2.33. The maximum Gasteiger partial charge on any atom is 0.201 e. The van der Waals surface area contributed by atoms with Gasteiger partial charge in [-0.2, -0.15) is 0 Å². The van der Waals surface area contributed by atoms with Crippen molar-refractivity contribution in [2.75, 3.05) is 6.54 Å². The molecule has 3 heteroatoms. The zero-order valence-corrected chi connectivity index (χ0v) is 8.05. The van der Waals surface area contributed by atoms with Crippen molar-refractivity contribution in [3.63, 3.8) is 0 Å². The molecule has 1 aromatic rings. The summed E-state index contributed by atoms with van der Waals surface area (Å²) in [4.78, 5) is 11.2. The Morgan fingerprint density at radius 3 is 2.71 bits per heavy atom. The van der Waals surface area contributed by atoms with E-state index in [-0.39, 0.29) is 11.8 Å². The molecule has 3 nitrogen and oxygen atoms in total. The van der Waals surface area contributed by atoms with Gasteiger partial charge in [0.1, 0.15) is 0 Å². The van der Waals surface area contributed by atoms with Gasteiger partial charge in [0.25, 0.3) is 0 Å². The Kier molecular flexibility index (Phi) is 2.31. The molecule has 2 rings (SSSR count). The van der Waals surface area contributed by atoms with Gasteiger partial charge >= 0.3 is 0 Å². The maximum atomic E-state index is 11.2. The first-order chi connectivity index (χ1) is 6.77. The summed E-state index contributed by atoms with van der Waals surface area (Å²) in [6.45, 7) is 2.18. The van der Waals surface area contributed by atoms with Crippen molar-refractivity contribution in [2.45, 2.75) is 13.0 Å². The summed E-state index contributed by atoms with van der Waals surface area (Å²) in [5, 5.41) is 0. The highest BCUT2D eigenvalue weighted by molar-refractivity contribution is 5.89. The molecule has 1 aliphatic heterocycles. The van der Waals surface area contributed by atoms with Crippen molar-refractivity contribution in [3.8, 4) is 0 Å². The number of Topliss-reactive ketones (excluding diaryl/α,β-unsaturated/α-hetero) is 1. The molecule has 1 aliphatic rings. The molecule has 1 atom stereocenters. The molecule has 0 radical (unpaired) electrons. The third-order valence-electron chi connectivity index (χ3n) is 2.33. The minimum atomic E-state index is -0.116. The standard InChI is InChI=1S/C11H12N2O/c1-9-11(14)7-12-13(9)8-10-5-3-2-4-6-10/h2-6,8-9H,7H2,1H3.